The summed E-state index contributed by atoms with van der Waals surface area (Å²) in [5.41, 5.74) is 2.89. The molecule has 3 aromatic heterocycles. The van der Waals surface area contributed by atoms with E-state index in [0.29, 0.717) is 28.6 Å². The number of ether oxygens (including phenoxy) is 2. The summed E-state index contributed by atoms with van der Waals surface area (Å²) >= 11 is 0. The van der Waals surface area contributed by atoms with Gasteiger partial charge >= 0.3 is 0 Å². The second-order valence-electron chi connectivity index (χ2n) is 7.63. The standard InChI is InChI=1S/C27H21FN6O2/c1-35-21-7-4-19(5-8-21)33-26-14-27(32-17-31-26)34-20-6-9-25(23(28)13-20)36-24-10-12-30-16-22(24)18-3-2-11-29-15-18/h2-17H,1H3,(H2,31,32,33,34). The molecule has 0 aliphatic carbocycles. The zero-order valence-corrected chi connectivity index (χ0v) is 19.2. The minimum absolute atomic E-state index is 0.0847. The maximum atomic E-state index is 15.0. The molecule has 0 aliphatic rings. The molecule has 0 spiro atoms. The average Bonchev–Trinajstić information content (AvgIpc) is 2.92. The highest BCUT2D eigenvalue weighted by Crippen LogP contribution is 2.34. The lowest BCUT2D eigenvalue weighted by Gasteiger charge is -2.13. The average molecular weight is 481 g/mol. The second kappa shape index (κ2) is 10.5. The van der Waals surface area contributed by atoms with E-state index in [1.54, 1.807) is 56.2 Å². The molecule has 0 atom stereocenters. The molecule has 0 saturated carbocycles. The molecule has 0 amide bonds. The molecule has 5 rings (SSSR count). The predicted octanol–water partition coefficient (Wildman–Crippen LogP) is 6.36. The van der Waals surface area contributed by atoms with Crippen LogP contribution in [0.3, 0.4) is 0 Å². The maximum Gasteiger partial charge on any atom is 0.167 e. The van der Waals surface area contributed by atoms with Gasteiger partial charge in [0.25, 0.3) is 0 Å². The molecule has 3 heterocycles. The minimum atomic E-state index is -0.528. The number of benzene rings is 2. The van der Waals surface area contributed by atoms with Gasteiger partial charge in [0, 0.05) is 59.4 Å². The Morgan fingerprint density at radius 3 is 2.22 bits per heavy atom. The van der Waals surface area contributed by atoms with Gasteiger partial charge in [-0.3, -0.25) is 9.97 Å². The van der Waals surface area contributed by atoms with Crippen LogP contribution in [0.4, 0.5) is 27.4 Å². The highest BCUT2D eigenvalue weighted by Gasteiger charge is 2.12. The van der Waals surface area contributed by atoms with Gasteiger partial charge < -0.3 is 20.1 Å². The Labute approximate surface area is 206 Å². The summed E-state index contributed by atoms with van der Waals surface area (Å²) < 4.78 is 26.0. The Hall–Kier alpha value is -5.05. The Morgan fingerprint density at radius 2 is 1.50 bits per heavy atom. The van der Waals surface area contributed by atoms with Crippen LogP contribution in [-0.2, 0) is 0 Å². The molecule has 8 nitrogen and oxygen atoms in total. The zero-order chi connectivity index (χ0) is 24.7. The topological polar surface area (TPSA) is 94.1 Å². The molecule has 0 aliphatic heterocycles. The molecule has 9 heteroatoms. The fourth-order valence-electron chi connectivity index (χ4n) is 3.45. The third-order valence-corrected chi connectivity index (χ3v) is 5.21. The van der Waals surface area contributed by atoms with Gasteiger partial charge in [-0.1, -0.05) is 6.07 Å². The van der Waals surface area contributed by atoms with Gasteiger partial charge in [0.2, 0.25) is 0 Å². The second-order valence-corrected chi connectivity index (χ2v) is 7.63. The van der Waals surface area contributed by atoms with Crippen molar-refractivity contribution in [2.75, 3.05) is 17.7 Å². The van der Waals surface area contributed by atoms with E-state index in [9.17, 15) is 4.39 Å². The molecule has 178 valence electrons. The van der Waals surface area contributed by atoms with Crippen LogP contribution < -0.4 is 20.1 Å². The molecule has 36 heavy (non-hydrogen) atoms. The molecule has 0 fully saturated rings. The van der Waals surface area contributed by atoms with Crippen LogP contribution in [0.25, 0.3) is 11.1 Å². The first-order chi connectivity index (χ1) is 17.7. The molecule has 0 unspecified atom stereocenters. The van der Waals surface area contributed by atoms with Crippen molar-refractivity contribution in [3.63, 3.8) is 0 Å². The summed E-state index contributed by atoms with van der Waals surface area (Å²) in [6, 6.07) is 19.2. The van der Waals surface area contributed by atoms with Crippen LogP contribution in [-0.4, -0.2) is 27.0 Å². The molecule has 0 bridgehead atoms. The number of methoxy groups -OCH3 is 1. The van der Waals surface area contributed by atoms with Gasteiger partial charge in [0.05, 0.1) is 7.11 Å². The van der Waals surface area contributed by atoms with Crippen molar-refractivity contribution in [3.05, 3.63) is 104 Å². The number of aromatic nitrogens is 4. The lowest BCUT2D eigenvalue weighted by Crippen LogP contribution is -1.99. The summed E-state index contributed by atoms with van der Waals surface area (Å²) in [7, 11) is 1.62. The van der Waals surface area contributed by atoms with Gasteiger partial charge in [0.1, 0.15) is 29.5 Å². The number of hydrogen-bond donors (Lipinski definition) is 2. The Bertz CT molecular complexity index is 1470. The van der Waals surface area contributed by atoms with Gasteiger partial charge in [0.15, 0.2) is 11.6 Å². The SMILES string of the molecule is COc1ccc(Nc2cc(Nc3ccc(Oc4ccncc4-c4cccnc4)c(F)c3)ncn2)cc1. The van der Waals surface area contributed by atoms with Crippen LogP contribution in [0.5, 0.6) is 17.2 Å². The highest BCUT2D eigenvalue weighted by molar-refractivity contribution is 5.69. The van der Waals surface area contributed by atoms with Gasteiger partial charge in [-0.05, 0) is 48.5 Å². The van der Waals surface area contributed by atoms with E-state index in [0.717, 1.165) is 17.0 Å². The van der Waals surface area contributed by atoms with Crippen LogP contribution in [0, 0.1) is 5.82 Å². The number of halogens is 1. The number of rotatable bonds is 8. The summed E-state index contributed by atoms with van der Waals surface area (Å²) in [6.07, 6.45) is 8.06. The number of anilines is 4. The number of nitrogens with one attached hydrogen (secondary N) is 2. The predicted molar refractivity (Wildman–Crippen MR) is 136 cm³/mol. The number of hydrogen-bond acceptors (Lipinski definition) is 8. The maximum absolute atomic E-state index is 15.0. The highest BCUT2D eigenvalue weighted by atomic mass is 19.1. The van der Waals surface area contributed by atoms with E-state index in [-0.39, 0.29) is 5.75 Å². The van der Waals surface area contributed by atoms with Crippen LogP contribution in [0.15, 0.2) is 97.8 Å². The largest absolute Gasteiger partial charge is 0.497 e. The van der Waals surface area contributed by atoms with Crippen molar-refractivity contribution < 1.29 is 13.9 Å². The van der Waals surface area contributed by atoms with E-state index in [1.165, 1.54) is 12.4 Å². The van der Waals surface area contributed by atoms with Crippen molar-refractivity contribution in [1.29, 1.82) is 0 Å². The van der Waals surface area contributed by atoms with Crippen LogP contribution in [0.2, 0.25) is 0 Å². The van der Waals surface area contributed by atoms with Crippen LogP contribution >= 0.6 is 0 Å². The number of pyridine rings is 2. The molecule has 5 aromatic rings. The summed E-state index contributed by atoms with van der Waals surface area (Å²) in [5.74, 6) is 1.88. The Morgan fingerprint density at radius 1 is 0.750 bits per heavy atom. The van der Waals surface area contributed by atoms with E-state index in [4.69, 9.17) is 9.47 Å². The molecule has 0 saturated heterocycles. The molecular weight excluding hydrogens is 459 g/mol. The van der Waals surface area contributed by atoms with E-state index < -0.39 is 5.82 Å². The first-order valence-electron chi connectivity index (χ1n) is 11.0. The first kappa shape index (κ1) is 22.7. The van der Waals surface area contributed by atoms with E-state index in [1.807, 2.05) is 36.4 Å². The van der Waals surface area contributed by atoms with Crippen molar-refractivity contribution in [2.45, 2.75) is 0 Å². The fraction of sp³-hybridized carbons (Fsp3) is 0.0370. The first-order valence-corrected chi connectivity index (χ1v) is 11.0. The third-order valence-electron chi connectivity index (χ3n) is 5.21. The van der Waals surface area contributed by atoms with Crippen molar-refractivity contribution >= 4 is 23.0 Å². The quantitative estimate of drug-likeness (QED) is 0.265. The summed E-state index contributed by atoms with van der Waals surface area (Å²) in [5, 5.41) is 6.29. The van der Waals surface area contributed by atoms with Crippen molar-refractivity contribution in [1.82, 2.24) is 19.9 Å². The normalized spacial score (nSPS) is 10.5. The Balaban J connectivity index is 1.30. The zero-order valence-electron chi connectivity index (χ0n) is 19.2. The minimum Gasteiger partial charge on any atom is -0.497 e. The number of nitrogens with zero attached hydrogens (tertiary/aromatic N) is 4. The summed E-state index contributed by atoms with van der Waals surface area (Å²) in [6.45, 7) is 0. The molecule has 0 radical (unpaired) electrons. The molecular formula is C27H21FN6O2. The third kappa shape index (κ3) is 5.36. The van der Waals surface area contributed by atoms with Crippen molar-refractivity contribution in [3.8, 4) is 28.4 Å². The lowest BCUT2D eigenvalue weighted by atomic mass is 10.1. The van der Waals surface area contributed by atoms with E-state index >= 15 is 0 Å². The lowest BCUT2D eigenvalue weighted by molar-refractivity contribution is 0.415. The van der Waals surface area contributed by atoms with Crippen molar-refractivity contribution in [2.24, 2.45) is 0 Å². The molecule has 2 aromatic carbocycles. The fourth-order valence-corrected chi connectivity index (χ4v) is 3.45. The van der Waals surface area contributed by atoms with Gasteiger partial charge in [-0.25, -0.2) is 14.4 Å². The van der Waals surface area contributed by atoms with E-state index in [2.05, 4.69) is 30.6 Å². The monoisotopic (exact) mass is 480 g/mol. The Kier molecular flexibility index (Phi) is 6.61. The van der Waals surface area contributed by atoms with Gasteiger partial charge in [-0.2, -0.15) is 0 Å². The van der Waals surface area contributed by atoms with Gasteiger partial charge in [-0.15, -0.1) is 0 Å². The molecule has 2 N–H and O–H groups in total. The van der Waals surface area contributed by atoms with Crippen LogP contribution in [0.1, 0.15) is 0 Å². The summed E-state index contributed by atoms with van der Waals surface area (Å²) in [4.78, 5) is 16.7. The smallest absolute Gasteiger partial charge is 0.167 e.